The molecule has 0 unspecified atom stereocenters. The van der Waals surface area contributed by atoms with E-state index in [-0.39, 0.29) is 35.0 Å². The zero-order valence-electron chi connectivity index (χ0n) is 14.2. The van der Waals surface area contributed by atoms with Crippen molar-refractivity contribution in [1.82, 2.24) is 0 Å². The first-order chi connectivity index (χ1) is 12.9. The number of amidine groups is 1. The zero-order chi connectivity index (χ0) is 19.8. The molecule has 0 spiro atoms. The number of rotatable bonds is 7. The quantitative estimate of drug-likeness (QED) is 0.187. The van der Waals surface area contributed by atoms with Crippen LogP contribution >= 0.6 is 0 Å². The average molecular weight is 367 g/mol. The predicted octanol–water partition coefficient (Wildman–Crippen LogP) is 1.28. The van der Waals surface area contributed by atoms with Crippen LogP contribution in [0.25, 0.3) is 0 Å². The Kier molecular flexibility index (Phi) is 6.34. The molecule has 8 heteroatoms. The van der Waals surface area contributed by atoms with Crippen LogP contribution in [0.3, 0.4) is 0 Å². The van der Waals surface area contributed by atoms with Crippen LogP contribution in [0, 0.1) is 12.1 Å². The van der Waals surface area contributed by atoms with Crippen LogP contribution in [0.2, 0.25) is 0 Å². The summed E-state index contributed by atoms with van der Waals surface area (Å²) in [5, 5.41) is 0. The van der Waals surface area contributed by atoms with Crippen LogP contribution in [-0.4, -0.2) is 31.3 Å². The number of allylic oxidation sites excluding steroid dienone is 3. The molecule has 1 aliphatic rings. The molecule has 0 heterocycles. The number of carbonyl (C=O) groups excluding carboxylic acids is 2. The maximum absolute atomic E-state index is 12.9. The number of nitrogens with zero attached hydrogens (tertiary/aromatic N) is 1. The molecule has 0 atom stereocenters. The summed E-state index contributed by atoms with van der Waals surface area (Å²) in [6.07, 6.45) is 3.45. The summed E-state index contributed by atoms with van der Waals surface area (Å²) < 4.78 is 22.5. The monoisotopic (exact) mass is 367 g/mol. The van der Waals surface area contributed by atoms with E-state index in [1.54, 1.807) is 0 Å². The lowest BCUT2D eigenvalue weighted by atomic mass is 10.0. The molecular weight excluding hydrogens is 353 g/mol. The van der Waals surface area contributed by atoms with Gasteiger partial charge in [0.25, 0.3) is 0 Å². The topological polar surface area (TPSA) is 117 Å². The number of aliphatic imine (C=N–C) groups is 1. The normalized spacial score (nSPS) is 13.4. The maximum atomic E-state index is 12.9. The van der Waals surface area contributed by atoms with Crippen LogP contribution in [0.15, 0.2) is 64.0 Å². The fourth-order valence-electron chi connectivity index (χ4n) is 1.86. The van der Waals surface area contributed by atoms with Crippen LogP contribution in [-0.2, 0) is 9.53 Å². The molecule has 1 aromatic carbocycles. The minimum absolute atomic E-state index is 0.0914. The fourth-order valence-corrected chi connectivity index (χ4v) is 1.86. The van der Waals surface area contributed by atoms with Crippen molar-refractivity contribution < 1.29 is 23.5 Å². The third-order valence-corrected chi connectivity index (χ3v) is 3.17. The molecule has 1 aliphatic carbocycles. The van der Waals surface area contributed by atoms with Gasteiger partial charge in [0.15, 0.2) is 24.0 Å². The lowest BCUT2D eigenvalue weighted by Gasteiger charge is -2.07. The van der Waals surface area contributed by atoms with Gasteiger partial charge in [-0.3, -0.25) is 4.79 Å². The average Bonchev–Trinajstić information content (AvgIpc) is 2.68. The molecule has 0 aliphatic heterocycles. The molecule has 0 saturated heterocycles. The van der Waals surface area contributed by atoms with Crippen LogP contribution < -0.4 is 16.2 Å². The number of methoxy groups -OCH3 is 1. The Balaban J connectivity index is 2.23. The van der Waals surface area contributed by atoms with Crippen LogP contribution in [0.4, 0.5) is 4.39 Å². The highest BCUT2D eigenvalue weighted by atomic mass is 19.1. The van der Waals surface area contributed by atoms with E-state index in [0.717, 1.165) is 12.3 Å². The Hall–Kier alpha value is -4.04. The second-order valence-corrected chi connectivity index (χ2v) is 4.97. The molecule has 0 fully saturated rings. The van der Waals surface area contributed by atoms with E-state index in [2.05, 4.69) is 33.3 Å². The Bertz CT molecular complexity index is 963. The largest absolute Gasteiger partial charge is 0.474 e. The van der Waals surface area contributed by atoms with Gasteiger partial charge >= 0.3 is 5.97 Å². The minimum atomic E-state index is -0.603. The van der Waals surface area contributed by atoms with Gasteiger partial charge < -0.3 is 20.9 Å². The number of ketones is 1. The molecule has 136 valence electrons. The molecule has 0 amide bonds. The predicted molar refractivity (Wildman–Crippen MR) is 94.1 cm³/mol. The van der Waals surface area contributed by atoms with E-state index in [1.165, 1.54) is 25.3 Å². The van der Waals surface area contributed by atoms with Gasteiger partial charge in [-0.25, -0.2) is 9.79 Å². The number of halogens is 1. The van der Waals surface area contributed by atoms with Crippen molar-refractivity contribution >= 4 is 17.6 Å². The Morgan fingerprint density at radius 1 is 1.33 bits per heavy atom. The first kappa shape index (κ1) is 19.3. The number of esters is 1. The summed E-state index contributed by atoms with van der Waals surface area (Å²) >= 11 is 0. The van der Waals surface area contributed by atoms with Crippen molar-refractivity contribution in [3.63, 3.8) is 0 Å². The highest BCUT2D eigenvalue weighted by molar-refractivity contribution is 6.27. The van der Waals surface area contributed by atoms with Gasteiger partial charge in [-0.05, 0) is 35.7 Å². The van der Waals surface area contributed by atoms with Crippen molar-refractivity contribution in [2.24, 2.45) is 16.5 Å². The third kappa shape index (κ3) is 5.21. The Morgan fingerprint density at radius 3 is 2.74 bits per heavy atom. The highest BCUT2D eigenvalue weighted by Crippen LogP contribution is 2.15. The molecule has 1 aromatic rings. The molecule has 27 heavy (non-hydrogen) atoms. The first-order valence-corrected chi connectivity index (χ1v) is 7.48. The number of hydrogen-bond acceptors (Lipinski definition) is 6. The van der Waals surface area contributed by atoms with Crippen molar-refractivity contribution in [2.75, 3.05) is 13.7 Å². The standard InChI is InChI=1S/C19H14FN3O4/c1-26-17(24)11-27-15-4-2-3-12(9-15)18(25)16(10-21)19(22)23-14-7-5-13(20)6-8-14/h3,5,7,9-10H,11,21H2,1H3,(H2,22,23)/b16-10-. The maximum Gasteiger partial charge on any atom is 0.343 e. The lowest BCUT2D eigenvalue weighted by Crippen LogP contribution is -2.23. The Labute approximate surface area is 154 Å². The molecule has 0 saturated carbocycles. The van der Waals surface area contributed by atoms with Crippen molar-refractivity contribution in [1.29, 1.82) is 0 Å². The summed E-state index contributed by atoms with van der Waals surface area (Å²) in [6.45, 7) is -0.349. The summed E-state index contributed by atoms with van der Waals surface area (Å²) in [5.41, 5.74) is 16.2. The minimum Gasteiger partial charge on any atom is -0.474 e. The van der Waals surface area contributed by atoms with Gasteiger partial charge in [-0.2, -0.15) is 4.39 Å². The van der Waals surface area contributed by atoms with Crippen molar-refractivity contribution in [3.8, 4) is 5.75 Å². The summed E-state index contributed by atoms with van der Waals surface area (Å²) in [7, 11) is 1.22. The molecule has 0 aromatic heterocycles. The summed E-state index contributed by atoms with van der Waals surface area (Å²) in [6, 6.07) is 7.90. The summed E-state index contributed by atoms with van der Waals surface area (Å²) in [4.78, 5) is 27.7. The number of carbonyl (C=O) groups is 2. The Morgan fingerprint density at radius 2 is 2.11 bits per heavy atom. The van der Waals surface area contributed by atoms with Gasteiger partial charge in [-0.1, -0.05) is 6.07 Å². The van der Waals surface area contributed by atoms with Crippen LogP contribution in [0.5, 0.6) is 5.75 Å². The van der Waals surface area contributed by atoms with Crippen LogP contribution in [0.1, 0.15) is 10.4 Å². The van der Waals surface area contributed by atoms with Gasteiger partial charge in [-0.15, -0.1) is 0 Å². The molecule has 2 rings (SSSR count). The molecule has 0 bridgehead atoms. The molecule has 7 nitrogen and oxygen atoms in total. The third-order valence-electron chi connectivity index (χ3n) is 3.17. The van der Waals surface area contributed by atoms with Gasteiger partial charge in [0, 0.05) is 17.8 Å². The van der Waals surface area contributed by atoms with Gasteiger partial charge in [0.1, 0.15) is 11.5 Å². The second-order valence-electron chi connectivity index (χ2n) is 4.97. The summed E-state index contributed by atoms with van der Waals surface area (Å²) in [5.74, 6) is -1.83. The van der Waals surface area contributed by atoms with E-state index in [4.69, 9.17) is 16.2 Å². The lowest BCUT2D eigenvalue weighted by molar-refractivity contribution is -0.142. The van der Waals surface area contributed by atoms with Gasteiger partial charge in [0.2, 0.25) is 0 Å². The van der Waals surface area contributed by atoms with E-state index >= 15 is 0 Å². The zero-order valence-corrected chi connectivity index (χ0v) is 14.2. The van der Waals surface area contributed by atoms with E-state index in [9.17, 15) is 14.0 Å². The molecule has 4 N–H and O–H groups in total. The fraction of sp³-hybridized carbons (Fsp3) is 0.105. The smallest absolute Gasteiger partial charge is 0.343 e. The number of hydrogen-bond donors (Lipinski definition) is 2. The number of Topliss-reactive ketones (excluding diaryl/α,β-unsaturated/α-hetero) is 1. The number of ether oxygens (including phenoxy) is 2. The van der Waals surface area contributed by atoms with Gasteiger partial charge in [0.05, 0.1) is 12.7 Å². The first-order valence-electron chi connectivity index (χ1n) is 7.48. The molecular formula is C19H14FN3O4. The van der Waals surface area contributed by atoms with E-state index in [1.807, 2.05) is 0 Å². The van der Waals surface area contributed by atoms with Crippen molar-refractivity contribution in [3.05, 3.63) is 76.7 Å². The molecule has 0 radical (unpaired) electrons. The second kappa shape index (κ2) is 8.88. The number of nitrogens with two attached hydrogens (primary N) is 2. The van der Waals surface area contributed by atoms with E-state index in [0.29, 0.717) is 0 Å². The van der Waals surface area contributed by atoms with E-state index < -0.39 is 17.6 Å². The SMILES string of the molecule is COC(=O)COc1c#ccc(C(=O)/C(=C/N)C(N)=NC2=C=C=C(F)C=C2)c1. The van der Waals surface area contributed by atoms with Crippen molar-refractivity contribution in [2.45, 2.75) is 0 Å². The highest BCUT2D eigenvalue weighted by Gasteiger charge is 2.17.